The molecule has 0 aliphatic carbocycles. The maximum Gasteiger partial charge on any atom is 0.306 e. The van der Waals surface area contributed by atoms with E-state index in [9.17, 15) is 14.4 Å². The van der Waals surface area contributed by atoms with Gasteiger partial charge in [0.1, 0.15) is 13.2 Å². The predicted molar refractivity (Wildman–Crippen MR) is 326 cm³/mol. The van der Waals surface area contributed by atoms with E-state index in [4.69, 9.17) is 14.2 Å². The Bertz CT molecular complexity index is 1250. The van der Waals surface area contributed by atoms with Crippen molar-refractivity contribution in [1.82, 2.24) is 0 Å². The van der Waals surface area contributed by atoms with Crippen molar-refractivity contribution in [2.24, 2.45) is 0 Å². The van der Waals surface area contributed by atoms with Crippen LogP contribution >= 0.6 is 0 Å². The van der Waals surface area contributed by atoms with E-state index in [1.807, 2.05) is 0 Å². The second-order valence-electron chi connectivity index (χ2n) is 22.7. The lowest BCUT2D eigenvalue weighted by molar-refractivity contribution is -0.167. The zero-order chi connectivity index (χ0) is 54.3. The lowest BCUT2D eigenvalue weighted by Gasteiger charge is -2.18. The van der Waals surface area contributed by atoms with E-state index in [0.717, 1.165) is 77.0 Å². The van der Waals surface area contributed by atoms with Gasteiger partial charge in [0.15, 0.2) is 6.10 Å². The molecule has 0 aromatic rings. The second-order valence-corrected chi connectivity index (χ2v) is 22.7. The fraction of sp³-hybridized carbons (Fsp3) is 0.870. The molecule has 0 aliphatic rings. The fourth-order valence-electron chi connectivity index (χ4n) is 10.1. The molecule has 0 aromatic heterocycles. The average Bonchev–Trinajstić information content (AvgIpc) is 3.41. The van der Waals surface area contributed by atoms with Crippen LogP contribution in [0.25, 0.3) is 0 Å². The van der Waals surface area contributed by atoms with Gasteiger partial charge < -0.3 is 14.2 Å². The number of ether oxygens (including phenoxy) is 3. The first-order chi connectivity index (χ1) is 37.0. The van der Waals surface area contributed by atoms with E-state index in [1.165, 1.54) is 250 Å². The highest BCUT2D eigenvalue weighted by atomic mass is 16.6. The SMILES string of the molecule is CCC/C=C\CCCCCCCC(=O)OCC(COC(=O)CCCCCCCCCCCCCCC/C=C\C/C=C\CCCCCCC)OC(=O)CCCCCCCCCCCCCCCCCCCCCCCC. The van der Waals surface area contributed by atoms with E-state index in [0.29, 0.717) is 19.3 Å². The van der Waals surface area contributed by atoms with Crippen LogP contribution in [0.3, 0.4) is 0 Å². The van der Waals surface area contributed by atoms with Gasteiger partial charge >= 0.3 is 17.9 Å². The van der Waals surface area contributed by atoms with E-state index in [2.05, 4.69) is 57.2 Å². The Hall–Kier alpha value is -2.37. The summed E-state index contributed by atoms with van der Waals surface area (Å²) in [4.78, 5) is 38.3. The van der Waals surface area contributed by atoms with Crippen LogP contribution in [0.2, 0.25) is 0 Å². The molecule has 0 saturated heterocycles. The number of carbonyl (C=O) groups excluding carboxylic acids is 3. The molecule has 75 heavy (non-hydrogen) atoms. The number of allylic oxidation sites excluding steroid dienone is 6. The van der Waals surface area contributed by atoms with Crippen LogP contribution in [0, 0.1) is 0 Å². The molecular weight excluding hydrogens is 925 g/mol. The minimum Gasteiger partial charge on any atom is -0.462 e. The van der Waals surface area contributed by atoms with Gasteiger partial charge in [0.05, 0.1) is 0 Å². The highest BCUT2D eigenvalue weighted by Gasteiger charge is 2.19. The molecule has 0 bridgehead atoms. The van der Waals surface area contributed by atoms with Crippen LogP contribution in [0.1, 0.15) is 367 Å². The Morgan fingerprint density at radius 2 is 0.507 bits per heavy atom. The Morgan fingerprint density at radius 3 is 0.800 bits per heavy atom. The molecule has 0 radical (unpaired) electrons. The third kappa shape index (κ3) is 62.4. The van der Waals surface area contributed by atoms with Gasteiger partial charge in [0.25, 0.3) is 0 Å². The minimum atomic E-state index is -0.773. The first-order valence-electron chi connectivity index (χ1n) is 33.5. The summed E-state index contributed by atoms with van der Waals surface area (Å²) in [6.45, 7) is 6.63. The summed E-state index contributed by atoms with van der Waals surface area (Å²) in [5.41, 5.74) is 0. The van der Waals surface area contributed by atoms with Crippen molar-refractivity contribution in [3.05, 3.63) is 36.5 Å². The smallest absolute Gasteiger partial charge is 0.306 e. The van der Waals surface area contributed by atoms with Gasteiger partial charge in [-0.15, -0.1) is 0 Å². The van der Waals surface area contributed by atoms with Gasteiger partial charge in [0, 0.05) is 19.3 Å². The van der Waals surface area contributed by atoms with Crippen molar-refractivity contribution >= 4 is 17.9 Å². The Labute approximate surface area is 467 Å². The number of unbranched alkanes of at least 4 members (excludes halogenated alkanes) is 45. The van der Waals surface area contributed by atoms with E-state index in [-0.39, 0.29) is 31.1 Å². The van der Waals surface area contributed by atoms with Gasteiger partial charge in [-0.25, -0.2) is 0 Å². The molecule has 6 nitrogen and oxygen atoms in total. The number of esters is 3. The minimum absolute atomic E-state index is 0.0707. The maximum absolute atomic E-state index is 12.9. The molecule has 0 aromatic carbocycles. The molecule has 1 atom stereocenters. The lowest BCUT2D eigenvalue weighted by atomic mass is 10.0. The molecule has 0 N–H and O–H groups in total. The van der Waals surface area contributed by atoms with Crippen molar-refractivity contribution in [1.29, 1.82) is 0 Å². The molecule has 440 valence electrons. The van der Waals surface area contributed by atoms with Crippen LogP contribution in [0.4, 0.5) is 0 Å². The normalized spacial score (nSPS) is 12.2. The van der Waals surface area contributed by atoms with Crippen LogP contribution in [-0.4, -0.2) is 37.2 Å². The average molecular weight is 1050 g/mol. The van der Waals surface area contributed by atoms with Gasteiger partial charge in [-0.05, 0) is 70.6 Å². The lowest BCUT2D eigenvalue weighted by Crippen LogP contribution is -2.30. The molecule has 0 aliphatic heterocycles. The molecule has 0 saturated carbocycles. The Kier molecular flexibility index (Phi) is 62.1. The number of hydrogen-bond donors (Lipinski definition) is 0. The summed E-state index contributed by atoms with van der Waals surface area (Å²) >= 11 is 0. The van der Waals surface area contributed by atoms with Crippen molar-refractivity contribution < 1.29 is 28.6 Å². The zero-order valence-electron chi connectivity index (χ0n) is 50.6. The van der Waals surface area contributed by atoms with Gasteiger partial charge in [0.2, 0.25) is 0 Å². The van der Waals surface area contributed by atoms with Gasteiger partial charge in [-0.3, -0.25) is 14.4 Å². The van der Waals surface area contributed by atoms with E-state index < -0.39 is 6.10 Å². The van der Waals surface area contributed by atoms with Crippen LogP contribution in [0.15, 0.2) is 36.5 Å². The molecule has 0 spiro atoms. The zero-order valence-corrected chi connectivity index (χ0v) is 50.6. The molecule has 6 heteroatoms. The van der Waals surface area contributed by atoms with Gasteiger partial charge in [-0.2, -0.15) is 0 Å². The fourth-order valence-corrected chi connectivity index (χ4v) is 10.1. The first kappa shape index (κ1) is 72.6. The van der Waals surface area contributed by atoms with Crippen LogP contribution < -0.4 is 0 Å². The summed E-state index contributed by atoms with van der Waals surface area (Å²) in [6, 6.07) is 0. The maximum atomic E-state index is 12.9. The highest BCUT2D eigenvalue weighted by molar-refractivity contribution is 5.71. The predicted octanol–water partition coefficient (Wildman–Crippen LogP) is 22.8. The monoisotopic (exact) mass is 1050 g/mol. The standard InChI is InChI=1S/C69H128O6/c1-4-7-10-13-16-19-22-24-26-28-30-32-34-35-36-38-39-41-43-45-47-50-53-56-59-62-68(71)74-65-66(64-73-67(70)61-58-55-52-49-21-18-15-12-9-6-3)75-69(72)63-60-57-54-51-48-46-44-42-40-37-33-31-29-27-25-23-20-17-14-11-8-5-2/h12,15,22,24,28,30,66H,4-11,13-14,16-21,23,25-27,29,31-65H2,1-3H3/b15-12-,24-22-,30-28-. The van der Waals surface area contributed by atoms with Crippen molar-refractivity contribution in [3.8, 4) is 0 Å². The molecule has 0 amide bonds. The topological polar surface area (TPSA) is 78.9 Å². The Morgan fingerprint density at radius 1 is 0.267 bits per heavy atom. The molecular formula is C69H128O6. The summed E-state index contributed by atoms with van der Waals surface area (Å²) < 4.78 is 16.9. The molecule has 0 rings (SSSR count). The highest BCUT2D eigenvalue weighted by Crippen LogP contribution is 2.18. The van der Waals surface area contributed by atoms with E-state index in [1.54, 1.807) is 0 Å². The third-order valence-electron chi connectivity index (χ3n) is 15.1. The van der Waals surface area contributed by atoms with Crippen LogP contribution in [-0.2, 0) is 28.6 Å². The molecule has 0 fully saturated rings. The largest absolute Gasteiger partial charge is 0.462 e. The summed E-state index contributed by atoms with van der Waals surface area (Å²) in [7, 11) is 0. The molecule has 1 unspecified atom stereocenters. The Balaban J connectivity index is 4.17. The summed E-state index contributed by atoms with van der Waals surface area (Å²) in [6.07, 6.45) is 78.9. The van der Waals surface area contributed by atoms with Gasteiger partial charge in [-0.1, -0.05) is 314 Å². The number of carbonyl (C=O) groups is 3. The van der Waals surface area contributed by atoms with E-state index >= 15 is 0 Å². The molecule has 0 heterocycles. The number of rotatable bonds is 62. The quantitative estimate of drug-likeness (QED) is 0.0261. The first-order valence-corrected chi connectivity index (χ1v) is 33.5. The third-order valence-corrected chi connectivity index (χ3v) is 15.1. The van der Waals surface area contributed by atoms with Crippen molar-refractivity contribution in [2.45, 2.75) is 374 Å². The van der Waals surface area contributed by atoms with Crippen LogP contribution in [0.5, 0.6) is 0 Å². The van der Waals surface area contributed by atoms with Crippen molar-refractivity contribution in [3.63, 3.8) is 0 Å². The summed E-state index contributed by atoms with van der Waals surface area (Å²) in [5.74, 6) is -0.858. The number of hydrogen-bond acceptors (Lipinski definition) is 6. The summed E-state index contributed by atoms with van der Waals surface area (Å²) in [5, 5.41) is 0. The van der Waals surface area contributed by atoms with Crippen molar-refractivity contribution in [2.75, 3.05) is 13.2 Å². The second kappa shape index (κ2) is 64.2.